The number of hydrogen-bond acceptors (Lipinski definition) is 9. The van der Waals surface area contributed by atoms with Crippen LogP contribution in [0.2, 0.25) is 0 Å². The smallest absolute Gasteiger partial charge is 0.250 e. The van der Waals surface area contributed by atoms with Crippen molar-refractivity contribution in [1.82, 2.24) is 0 Å². The molecule has 184 valence electrons. The quantitative estimate of drug-likeness (QED) is 0.141. The first-order valence-electron chi connectivity index (χ1n) is 10.2. The Morgan fingerprint density at radius 2 is 1.59 bits per heavy atom. The highest BCUT2D eigenvalue weighted by Gasteiger charge is 2.35. The summed E-state index contributed by atoms with van der Waals surface area (Å²) in [5.41, 5.74) is 12.8. The number of carbonyl (C=O) groups is 3. The normalized spacial score (nSPS) is 12.9. The maximum absolute atomic E-state index is 13.1. The summed E-state index contributed by atoms with van der Waals surface area (Å²) in [6.45, 7) is 1.50. The summed E-state index contributed by atoms with van der Waals surface area (Å²) in [5, 5.41) is 3.20. The van der Waals surface area contributed by atoms with Crippen molar-refractivity contribution in [3.63, 3.8) is 0 Å². The molecule has 1 aliphatic carbocycles. The van der Waals surface area contributed by atoms with Crippen LogP contribution in [0.5, 0.6) is 0 Å². The van der Waals surface area contributed by atoms with E-state index in [0.717, 1.165) is 24.6 Å². The molecule has 0 spiro atoms. The third-order valence-corrected chi connectivity index (χ3v) is 5.44. The van der Waals surface area contributed by atoms with Crippen molar-refractivity contribution in [2.75, 3.05) is 52.4 Å². The molecule has 0 unspecified atom stereocenters. The lowest BCUT2D eigenvalue weighted by Gasteiger charge is -2.25. The van der Waals surface area contributed by atoms with Crippen molar-refractivity contribution in [3.8, 4) is 0 Å². The van der Waals surface area contributed by atoms with Crippen LogP contribution in [0.25, 0.3) is 0 Å². The lowest BCUT2D eigenvalue weighted by molar-refractivity contribution is -0.870. The zero-order valence-corrected chi connectivity index (χ0v) is 20.2. The summed E-state index contributed by atoms with van der Waals surface area (Å²) in [5.74, 6) is -1.41. The van der Waals surface area contributed by atoms with E-state index in [-0.39, 0.29) is 39.5 Å². The number of fused-ring (bicyclic) bond motifs is 2. The number of amides is 1. The number of nitrogens with one attached hydrogen (secondary N) is 1. The second kappa shape index (κ2) is 10.3. The van der Waals surface area contributed by atoms with Gasteiger partial charge < -0.3 is 25.8 Å². The Labute approximate surface area is 198 Å². The van der Waals surface area contributed by atoms with E-state index in [4.69, 9.17) is 11.5 Å². The van der Waals surface area contributed by atoms with Gasteiger partial charge in [-0.2, -0.15) is 0 Å². The second-order valence-electron chi connectivity index (χ2n) is 8.57. The van der Waals surface area contributed by atoms with E-state index < -0.39 is 16.3 Å². The number of nitrogen functional groups attached to an aromatic ring is 1. The summed E-state index contributed by atoms with van der Waals surface area (Å²) < 4.78 is 31.8. The summed E-state index contributed by atoms with van der Waals surface area (Å²) in [7, 11) is 2.67. The van der Waals surface area contributed by atoms with E-state index in [9.17, 15) is 27.4 Å². The summed E-state index contributed by atoms with van der Waals surface area (Å²) in [6.07, 6.45) is 0.841. The molecule has 5 N–H and O–H groups in total. The molecule has 34 heavy (non-hydrogen) atoms. The molecule has 0 radical (unpaired) electrons. The summed E-state index contributed by atoms with van der Waals surface area (Å²) >= 11 is 0. The molecule has 0 saturated heterocycles. The maximum Gasteiger partial charge on any atom is 0.250 e. The fraction of sp³-hybridized carbons (Fsp3) is 0.318. The number of carbonyl (C=O) groups excluding carboxylic acids is 3. The Hall–Kier alpha value is -3.32. The predicted octanol–water partition coefficient (Wildman–Crippen LogP) is 0.744. The number of ketones is 2. The molecular weight excluding hydrogens is 464 g/mol. The van der Waals surface area contributed by atoms with Gasteiger partial charge >= 0.3 is 0 Å². The van der Waals surface area contributed by atoms with Gasteiger partial charge in [-0.05, 0) is 6.07 Å². The minimum atomic E-state index is -4.41. The lowest BCUT2D eigenvalue weighted by Crippen LogP contribution is -2.36. The molecule has 0 saturated carbocycles. The first-order chi connectivity index (χ1) is 15.7. The second-order valence-corrected chi connectivity index (χ2v) is 9.72. The van der Waals surface area contributed by atoms with Crippen LogP contribution in [0.3, 0.4) is 0 Å². The fourth-order valence-corrected chi connectivity index (χ4v) is 3.44. The highest BCUT2D eigenvalue weighted by Crippen LogP contribution is 2.37. The topological polar surface area (TPSA) is 182 Å². The van der Waals surface area contributed by atoms with Gasteiger partial charge in [0.1, 0.15) is 0 Å². The standard InChI is InChI=1S/C21H24N4O3.CH4O4S/c1-25(2,3)10-6-9-24-15-11-14(21(23)28)18(22)17-16(15)19(26)12-7-4-5-8-13(12)20(17)27;1-5-6(2,3)4/h4-5,7-8,11H,6,9-10H2,1-3H3,(H4-,22,23,24,26,27,28);1H3,(H,2,3,4). The largest absolute Gasteiger partial charge is 0.726 e. The van der Waals surface area contributed by atoms with Gasteiger partial charge in [0.05, 0.1) is 57.2 Å². The molecule has 2 aromatic rings. The van der Waals surface area contributed by atoms with E-state index in [1.807, 2.05) is 0 Å². The molecule has 0 bridgehead atoms. The predicted molar refractivity (Wildman–Crippen MR) is 125 cm³/mol. The monoisotopic (exact) mass is 492 g/mol. The van der Waals surface area contributed by atoms with Crippen LogP contribution >= 0.6 is 0 Å². The molecule has 3 rings (SSSR count). The average molecular weight is 493 g/mol. The van der Waals surface area contributed by atoms with E-state index in [1.54, 1.807) is 24.3 Å². The minimum Gasteiger partial charge on any atom is -0.726 e. The highest BCUT2D eigenvalue weighted by atomic mass is 32.3. The van der Waals surface area contributed by atoms with Crippen molar-refractivity contribution >= 4 is 39.2 Å². The Kier molecular flexibility index (Phi) is 8.16. The van der Waals surface area contributed by atoms with E-state index in [1.165, 1.54) is 6.07 Å². The molecule has 11 nitrogen and oxygen atoms in total. The highest BCUT2D eigenvalue weighted by molar-refractivity contribution is 7.80. The van der Waals surface area contributed by atoms with Crippen molar-refractivity contribution in [1.29, 1.82) is 0 Å². The van der Waals surface area contributed by atoms with E-state index in [2.05, 4.69) is 30.6 Å². The van der Waals surface area contributed by atoms with Gasteiger partial charge in [0, 0.05) is 29.8 Å². The maximum atomic E-state index is 13.1. The number of hydrogen-bond donors (Lipinski definition) is 3. The van der Waals surface area contributed by atoms with Crippen molar-refractivity contribution < 1.29 is 36.0 Å². The number of rotatable bonds is 7. The average Bonchev–Trinajstić information content (AvgIpc) is 2.74. The van der Waals surface area contributed by atoms with Gasteiger partial charge in [-0.1, -0.05) is 24.3 Å². The third kappa shape index (κ3) is 6.38. The van der Waals surface area contributed by atoms with Gasteiger partial charge in [-0.25, -0.2) is 8.42 Å². The molecule has 2 aromatic carbocycles. The molecular formula is C22H28N4O7S. The van der Waals surface area contributed by atoms with Gasteiger partial charge in [-0.3, -0.25) is 18.6 Å². The molecule has 1 aliphatic rings. The number of nitrogens with two attached hydrogens (primary N) is 2. The molecule has 0 heterocycles. The Morgan fingerprint density at radius 3 is 2.03 bits per heavy atom. The number of anilines is 2. The fourth-order valence-electron chi connectivity index (χ4n) is 3.44. The van der Waals surface area contributed by atoms with Crippen molar-refractivity contribution in [3.05, 3.63) is 58.1 Å². The van der Waals surface area contributed by atoms with Crippen LogP contribution in [0.1, 0.15) is 48.6 Å². The van der Waals surface area contributed by atoms with Crippen LogP contribution in [-0.2, 0) is 14.6 Å². The number of benzene rings is 2. The third-order valence-electron chi connectivity index (χ3n) is 5.03. The van der Waals surface area contributed by atoms with Gasteiger partial charge in [0.25, 0.3) is 5.91 Å². The number of nitrogens with zero attached hydrogens (tertiary/aromatic N) is 1. The van der Waals surface area contributed by atoms with Crippen LogP contribution in [0.4, 0.5) is 11.4 Å². The van der Waals surface area contributed by atoms with Crippen LogP contribution in [0.15, 0.2) is 30.3 Å². The van der Waals surface area contributed by atoms with Crippen LogP contribution < -0.4 is 16.8 Å². The van der Waals surface area contributed by atoms with Gasteiger partial charge in [0.15, 0.2) is 11.6 Å². The lowest BCUT2D eigenvalue weighted by atomic mass is 9.81. The van der Waals surface area contributed by atoms with Crippen LogP contribution in [-0.4, -0.2) is 76.3 Å². The number of primary amides is 1. The summed E-state index contributed by atoms with van der Waals surface area (Å²) in [4.78, 5) is 38.1. The molecule has 12 heteroatoms. The first kappa shape index (κ1) is 26.9. The van der Waals surface area contributed by atoms with E-state index >= 15 is 0 Å². The Bertz CT molecular complexity index is 1230. The molecule has 0 aromatic heterocycles. The zero-order chi connectivity index (χ0) is 25.8. The van der Waals surface area contributed by atoms with E-state index in [0.29, 0.717) is 17.8 Å². The van der Waals surface area contributed by atoms with Crippen LogP contribution in [0, 0.1) is 0 Å². The Balaban J connectivity index is 0.000000604. The first-order valence-corrected chi connectivity index (χ1v) is 11.5. The van der Waals surface area contributed by atoms with Crippen molar-refractivity contribution in [2.45, 2.75) is 6.42 Å². The van der Waals surface area contributed by atoms with Gasteiger partial charge in [-0.15, -0.1) is 0 Å². The van der Waals surface area contributed by atoms with Gasteiger partial charge in [0.2, 0.25) is 10.4 Å². The van der Waals surface area contributed by atoms with Crippen molar-refractivity contribution in [2.24, 2.45) is 5.73 Å². The SMILES string of the molecule is COS(=O)(=O)[O-].C[N+](C)(C)CCCNc1cc(C(N)=O)c(N)c2c1C(=O)c1ccccc1C2=O. The molecule has 0 fully saturated rings. The zero-order valence-electron chi connectivity index (χ0n) is 19.4. The molecule has 0 atom stereocenters. The Morgan fingerprint density at radius 1 is 1.09 bits per heavy atom. The number of quaternary nitrogens is 1. The molecule has 1 amide bonds. The molecule has 0 aliphatic heterocycles. The summed E-state index contributed by atoms with van der Waals surface area (Å²) in [6, 6.07) is 8.08. The minimum absolute atomic E-state index is 0.0355.